The molecule has 5 nitrogen and oxygen atoms in total. The largest absolute Gasteiger partial charge is 0.491 e. The second-order valence-corrected chi connectivity index (χ2v) is 7.40. The molecule has 1 aliphatic rings. The normalized spacial score (nSPS) is 13.7. The second kappa shape index (κ2) is 6.77. The van der Waals surface area contributed by atoms with Gasteiger partial charge in [-0.2, -0.15) is 0 Å². The molecule has 4 rings (SSSR count). The lowest BCUT2D eigenvalue weighted by molar-refractivity contribution is -0.117. The van der Waals surface area contributed by atoms with E-state index in [9.17, 15) is 13.6 Å². The van der Waals surface area contributed by atoms with E-state index >= 15 is 0 Å². The summed E-state index contributed by atoms with van der Waals surface area (Å²) in [6.45, 7) is 1.26. The van der Waals surface area contributed by atoms with Crippen LogP contribution in [0.2, 0.25) is 0 Å². The summed E-state index contributed by atoms with van der Waals surface area (Å²) < 4.78 is 33.5. The number of anilines is 1. The number of rotatable bonds is 4. The third kappa shape index (κ3) is 3.10. The quantitative estimate of drug-likeness (QED) is 0.744. The summed E-state index contributed by atoms with van der Waals surface area (Å²) in [5.74, 6) is -2.24. The van der Waals surface area contributed by atoms with Crippen LogP contribution in [0.3, 0.4) is 0 Å². The molecule has 0 atom stereocenters. The van der Waals surface area contributed by atoms with Crippen molar-refractivity contribution in [2.45, 2.75) is 19.4 Å². The van der Waals surface area contributed by atoms with E-state index in [0.717, 1.165) is 23.1 Å². The Hall–Kier alpha value is -2.74. The fourth-order valence-corrected chi connectivity index (χ4v) is 4.50. The van der Waals surface area contributed by atoms with Crippen molar-refractivity contribution in [3.8, 4) is 5.75 Å². The van der Waals surface area contributed by atoms with Gasteiger partial charge in [0.2, 0.25) is 5.91 Å². The van der Waals surface area contributed by atoms with Crippen LogP contribution in [0.25, 0.3) is 10.2 Å². The van der Waals surface area contributed by atoms with Crippen molar-refractivity contribution in [1.29, 1.82) is 0 Å². The predicted molar refractivity (Wildman–Crippen MR) is 100 cm³/mol. The Bertz CT molecular complexity index is 1050. The van der Waals surface area contributed by atoms with Crippen LogP contribution in [-0.2, 0) is 24.2 Å². The molecule has 1 aromatic heterocycles. The number of carbonyl (C=O) groups is 1. The van der Waals surface area contributed by atoms with E-state index in [2.05, 4.69) is 4.98 Å². The zero-order valence-electron chi connectivity index (χ0n) is 14.6. The number of hydrogen-bond acceptors (Lipinski definition) is 5. The molecule has 0 saturated carbocycles. The summed E-state index contributed by atoms with van der Waals surface area (Å²) in [5.41, 5.74) is 8.78. The first-order chi connectivity index (χ1) is 13.0. The molecular formula is C19H17F2N3O2S. The van der Waals surface area contributed by atoms with Gasteiger partial charge in [0.1, 0.15) is 0 Å². The van der Waals surface area contributed by atoms with Gasteiger partial charge in [-0.1, -0.05) is 29.5 Å². The number of fused-ring (bicyclic) bond motifs is 2. The van der Waals surface area contributed by atoms with E-state index in [0.29, 0.717) is 18.2 Å². The minimum atomic E-state index is -0.764. The van der Waals surface area contributed by atoms with Gasteiger partial charge in [0.05, 0.1) is 23.7 Å². The minimum absolute atomic E-state index is 0.217. The van der Waals surface area contributed by atoms with Crippen LogP contribution >= 0.6 is 11.3 Å². The number of primary amides is 1. The number of nitrogens with zero attached hydrogens (tertiary/aromatic N) is 2. The van der Waals surface area contributed by atoms with Gasteiger partial charge in [-0.05, 0) is 23.1 Å². The molecule has 0 saturated heterocycles. The van der Waals surface area contributed by atoms with Crippen LogP contribution in [-0.4, -0.2) is 24.5 Å². The average Bonchev–Trinajstić information content (AvgIpc) is 3.05. The van der Waals surface area contributed by atoms with Crippen molar-refractivity contribution in [1.82, 2.24) is 4.98 Å². The number of amides is 1. The van der Waals surface area contributed by atoms with Gasteiger partial charge in [-0.25, -0.2) is 13.8 Å². The maximum Gasteiger partial charge on any atom is 0.221 e. The van der Waals surface area contributed by atoms with Crippen molar-refractivity contribution < 1.29 is 18.3 Å². The Morgan fingerprint density at radius 3 is 2.96 bits per heavy atom. The molecule has 0 aliphatic carbocycles. The Labute approximate surface area is 158 Å². The molecule has 2 aromatic carbocycles. The highest BCUT2D eigenvalue weighted by molar-refractivity contribution is 7.22. The molecular weight excluding hydrogens is 372 g/mol. The Balaban J connectivity index is 1.68. The second-order valence-electron chi connectivity index (χ2n) is 6.42. The van der Waals surface area contributed by atoms with Crippen molar-refractivity contribution in [3.63, 3.8) is 0 Å². The fourth-order valence-electron chi connectivity index (χ4n) is 3.50. The summed E-state index contributed by atoms with van der Waals surface area (Å²) in [4.78, 5) is 17.7. The smallest absolute Gasteiger partial charge is 0.221 e. The summed E-state index contributed by atoms with van der Waals surface area (Å²) >= 11 is 1.18. The highest BCUT2D eigenvalue weighted by Crippen LogP contribution is 2.38. The average molecular weight is 389 g/mol. The molecule has 1 aliphatic heterocycles. The summed E-state index contributed by atoms with van der Waals surface area (Å²) in [7, 11) is 1.24. The number of ether oxygens (including phenoxy) is 1. The number of benzene rings is 2. The van der Waals surface area contributed by atoms with Crippen LogP contribution in [0.15, 0.2) is 24.3 Å². The molecule has 2 N–H and O–H groups in total. The van der Waals surface area contributed by atoms with Gasteiger partial charge in [0.25, 0.3) is 0 Å². The Morgan fingerprint density at radius 1 is 1.41 bits per heavy atom. The van der Waals surface area contributed by atoms with Crippen LogP contribution in [0, 0.1) is 11.6 Å². The van der Waals surface area contributed by atoms with Gasteiger partial charge in [0, 0.05) is 19.2 Å². The molecule has 0 unspecified atom stereocenters. The van der Waals surface area contributed by atoms with Crippen LogP contribution in [0.4, 0.5) is 13.9 Å². The van der Waals surface area contributed by atoms with Crippen LogP contribution < -0.4 is 15.4 Å². The number of halogens is 2. The van der Waals surface area contributed by atoms with Gasteiger partial charge in [-0.15, -0.1) is 0 Å². The van der Waals surface area contributed by atoms with E-state index < -0.39 is 17.4 Å². The molecule has 3 aromatic rings. The van der Waals surface area contributed by atoms with Crippen molar-refractivity contribution >= 4 is 32.6 Å². The highest BCUT2D eigenvalue weighted by Gasteiger charge is 2.24. The first kappa shape index (κ1) is 17.7. The zero-order chi connectivity index (χ0) is 19.1. The topological polar surface area (TPSA) is 68.4 Å². The monoisotopic (exact) mass is 389 g/mol. The number of thiazole rings is 1. The number of methoxy groups -OCH3 is 1. The molecule has 0 fully saturated rings. The van der Waals surface area contributed by atoms with Crippen LogP contribution in [0.5, 0.6) is 5.75 Å². The lowest BCUT2D eigenvalue weighted by Crippen LogP contribution is -2.31. The van der Waals surface area contributed by atoms with E-state index in [4.69, 9.17) is 10.5 Å². The number of aromatic nitrogens is 1. The third-order valence-electron chi connectivity index (χ3n) is 4.72. The Morgan fingerprint density at radius 2 is 2.22 bits per heavy atom. The zero-order valence-corrected chi connectivity index (χ0v) is 15.4. The van der Waals surface area contributed by atoms with E-state index in [1.807, 2.05) is 23.1 Å². The van der Waals surface area contributed by atoms with Gasteiger partial charge < -0.3 is 15.4 Å². The predicted octanol–water partition coefficient (Wildman–Crippen LogP) is 3.17. The Kier molecular flexibility index (Phi) is 4.43. The molecule has 0 radical (unpaired) electrons. The molecule has 2 heterocycles. The molecule has 8 heteroatoms. The number of nitrogens with two attached hydrogens (primary N) is 1. The van der Waals surface area contributed by atoms with Crippen molar-refractivity contribution in [2.24, 2.45) is 5.73 Å². The lowest BCUT2D eigenvalue weighted by atomic mass is 9.93. The minimum Gasteiger partial charge on any atom is -0.491 e. The van der Waals surface area contributed by atoms with E-state index in [1.54, 1.807) is 0 Å². The van der Waals surface area contributed by atoms with Gasteiger partial charge in [0.15, 0.2) is 22.5 Å². The first-order valence-corrected chi connectivity index (χ1v) is 9.25. The number of hydrogen-bond donors (Lipinski definition) is 1. The first-order valence-electron chi connectivity index (χ1n) is 8.43. The van der Waals surface area contributed by atoms with Crippen LogP contribution in [0.1, 0.15) is 16.7 Å². The summed E-state index contributed by atoms with van der Waals surface area (Å²) in [6, 6.07) is 7.02. The van der Waals surface area contributed by atoms with Gasteiger partial charge in [-0.3, -0.25) is 4.79 Å². The van der Waals surface area contributed by atoms with E-state index in [-0.39, 0.29) is 22.5 Å². The maximum atomic E-state index is 14.5. The molecule has 27 heavy (non-hydrogen) atoms. The molecule has 1 amide bonds. The molecule has 140 valence electrons. The lowest BCUT2D eigenvalue weighted by Gasteiger charge is -2.29. The summed E-state index contributed by atoms with van der Waals surface area (Å²) in [6.07, 6.45) is 0.948. The molecule has 0 bridgehead atoms. The molecule has 0 spiro atoms. The van der Waals surface area contributed by atoms with Crippen molar-refractivity contribution in [3.05, 3.63) is 52.6 Å². The number of carbonyl (C=O) groups excluding carboxylic acids is 1. The van der Waals surface area contributed by atoms with E-state index in [1.165, 1.54) is 24.5 Å². The fraction of sp³-hybridized carbons (Fsp3) is 0.263. The van der Waals surface area contributed by atoms with Gasteiger partial charge >= 0.3 is 0 Å². The maximum absolute atomic E-state index is 14.5. The van der Waals surface area contributed by atoms with Crippen molar-refractivity contribution in [2.75, 3.05) is 18.6 Å². The standard InChI is InChI=1S/C19H17F2N3O2S/c1-26-17-13(20)8-14-18(16(17)21)27-19(23-14)24-6-5-12-10(7-15(22)25)3-2-4-11(12)9-24/h2-4,8H,5-7,9H2,1H3,(H2,22,25). The SMILES string of the molecule is COc1c(F)cc2nc(N3CCc4c(CC(N)=O)cccc4C3)sc2c1F. The third-order valence-corrected chi connectivity index (χ3v) is 5.85. The highest BCUT2D eigenvalue weighted by atomic mass is 32.1. The summed E-state index contributed by atoms with van der Waals surface area (Å²) in [5, 5.41) is 0.627.